The van der Waals surface area contributed by atoms with Crippen molar-refractivity contribution in [3.8, 4) is 35.5 Å². The topological polar surface area (TPSA) is 156 Å². The average molecular weight is 656 g/mol. The molecule has 5 rings (SSSR count). The van der Waals surface area contributed by atoms with E-state index < -0.39 is 5.97 Å². The number of carbonyl (C=O) groups excluding carboxylic acids is 1. The van der Waals surface area contributed by atoms with Gasteiger partial charge >= 0.3 is 5.97 Å². The van der Waals surface area contributed by atoms with Gasteiger partial charge in [-0.15, -0.1) is 4.99 Å². The highest BCUT2D eigenvalue weighted by atomic mass is 35.5. The van der Waals surface area contributed by atoms with E-state index in [0.29, 0.717) is 27.8 Å². The van der Waals surface area contributed by atoms with Crippen molar-refractivity contribution in [2.24, 2.45) is 4.99 Å². The van der Waals surface area contributed by atoms with Crippen molar-refractivity contribution in [2.75, 3.05) is 26.5 Å². The monoisotopic (exact) mass is 655 g/mol. The number of hydrogen-bond acceptors (Lipinski definition) is 12. The Morgan fingerprint density at radius 3 is 2.41 bits per heavy atom. The summed E-state index contributed by atoms with van der Waals surface area (Å²) in [6.45, 7) is 1.63. The zero-order chi connectivity index (χ0) is 32.7. The van der Waals surface area contributed by atoms with Crippen molar-refractivity contribution in [1.82, 2.24) is 19.9 Å². The van der Waals surface area contributed by atoms with E-state index in [2.05, 4.69) is 30.9 Å². The van der Waals surface area contributed by atoms with Gasteiger partial charge in [0.05, 0.1) is 32.1 Å². The fourth-order valence-electron chi connectivity index (χ4n) is 3.98. The number of methoxy groups -OCH3 is 2. The van der Waals surface area contributed by atoms with Crippen LogP contribution in [0.5, 0.6) is 23.3 Å². The Bertz CT molecular complexity index is 1810. The zero-order valence-electron chi connectivity index (χ0n) is 24.7. The Hall–Kier alpha value is -5.63. The maximum Gasteiger partial charge on any atom is 0.341 e. The van der Waals surface area contributed by atoms with Crippen molar-refractivity contribution < 1.29 is 23.7 Å². The summed E-state index contributed by atoms with van der Waals surface area (Å²) in [5, 5.41) is 19.0. The third-order valence-electron chi connectivity index (χ3n) is 6.04. The number of pyridine rings is 1. The number of aliphatic imine (C=N–C) groups is 1. The number of nitrogens with zero attached hydrogens (tertiary/aromatic N) is 7. The number of halogens is 1. The molecule has 1 saturated heterocycles. The van der Waals surface area contributed by atoms with Gasteiger partial charge in [-0.3, -0.25) is 0 Å². The van der Waals surface area contributed by atoms with E-state index in [-0.39, 0.29) is 17.3 Å². The van der Waals surface area contributed by atoms with E-state index in [1.807, 2.05) is 12.3 Å². The maximum absolute atomic E-state index is 12.1. The van der Waals surface area contributed by atoms with E-state index in [9.17, 15) is 10.1 Å². The number of esters is 1. The van der Waals surface area contributed by atoms with Crippen LogP contribution in [0.15, 0.2) is 90.5 Å². The minimum absolute atomic E-state index is 0.184. The lowest BCUT2D eigenvalue weighted by Gasteiger charge is -2.16. The van der Waals surface area contributed by atoms with E-state index in [1.54, 1.807) is 72.6 Å². The molecule has 0 atom stereocenters. The molecule has 0 radical (unpaired) electrons. The van der Waals surface area contributed by atoms with Crippen molar-refractivity contribution in [3.05, 3.63) is 107 Å². The Kier molecular flexibility index (Phi) is 12.3. The van der Waals surface area contributed by atoms with E-state index in [0.717, 1.165) is 29.6 Å². The molecule has 14 heteroatoms. The van der Waals surface area contributed by atoms with Crippen molar-refractivity contribution >= 4 is 40.1 Å². The van der Waals surface area contributed by atoms with Gasteiger partial charge in [0.2, 0.25) is 18.0 Å². The lowest BCUT2D eigenvalue weighted by molar-refractivity contribution is -0.133. The Balaban J connectivity index is 0.000000252. The van der Waals surface area contributed by atoms with Crippen molar-refractivity contribution in [3.63, 3.8) is 0 Å². The van der Waals surface area contributed by atoms with E-state index in [4.69, 9.17) is 35.8 Å². The molecular formula is C32H26ClN7O5S. The van der Waals surface area contributed by atoms with Crippen LogP contribution in [0.4, 0.5) is 0 Å². The van der Waals surface area contributed by atoms with Crippen LogP contribution in [-0.2, 0) is 20.8 Å². The molecule has 0 spiro atoms. The number of nitriles is 2. The second kappa shape index (κ2) is 17.0. The first-order chi connectivity index (χ1) is 22.4. The number of para-hydroxylation sites is 2. The molecule has 232 valence electrons. The molecule has 3 heterocycles. The SMILES string of the molecule is CO/C=C(/C(=O)OC)c1ccccc1Oc1cc(Oc2ccccc2C#N)ncn1.N#CN=C1SCCN1Cc1ccc(Cl)nc1. The van der Waals surface area contributed by atoms with Crippen LogP contribution in [0.3, 0.4) is 0 Å². The van der Waals surface area contributed by atoms with Gasteiger partial charge < -0.3 is 23.8 Å². The summed E-state index contributed by atoms with van der Waals surface area (Å²) in [6, 6.07) is 20.9. The molecule has 1 aliphatic heterocycles. The Labute approximate surface area is 274 Å². The second-order valence-electron chi connectivity index (χ2n) is 9.02. The number of hydrogen-bond donors (Lipinski definition) is 0. The first kappa shape index (κ1) is 33.3. The number of aromatic nitrogens is 3. The number of carbonyl (C=O) groups is 1. The summed E-state index contributed by atoms with van der Waals surface area (Å²) in [5.41, 5.74) is 2.08. The molecule has 12 nitrogen and oxygen atoms in total. The standard InChI is InChI=1S/C22H17N3O5.C10H9ClN4S/c1-27-13-17(22(26)28-2)16-8-4-6-10-19(16)30-21-11-20(24-14-25-21)29-18-9-5-3-7-15(18)12-23;11-9-2-1-8(5-13-9)6-15-3-4-16-10(15)14-7-12/h3-11,13-14H,1-2H3;1-2,5H,3-4,6H2/b17-13+;. The first-order valence-electron chi connectivity index (χ1n) is 13.5. The molecule has 46 heavy (non-hydrogen) atoms. The fourth-order valence-corrected chi connectivity index (χ4v) is 5.03. The number of benzene rings is 2. The largest absolute Gasteiger partial charge is 0.503 e. The summed E-state index contributed by atoms with van der Waals surface area (Å²) in [5.74, 6) is 1.49. The zero-order valence-corrected chi connectivity index (χ0v) is 26.2. The van der Waals surface area contributed by atoms with Gasteiger partial charge in [-0.25, -0.2) is 19.7 Å². The van der Waals surface area contributed by atoms with Crippen LogP contribution in [0.1, 0.15) is 16.7 Å². The molecule has 1 fully saturated rings. The third-order valence-corrected chi connectivity index (χ3v) is 7.26. The molecule has 0 amide bonds. The van der Waals surface area contributed by atoms with Gasteiger partial charge in [0.1, 0.15) is 34.6 Å². The van der Waals surface area contributed by atoms with Crippen molar-refractivity contribution in [2.45, 2.75) is 6.54 Å². The maximum atomic E-state index is 12.1. The van der Waals surface area contributed by atoms with E-state index in [1.165, 1.54) is 32.9 Å². The molecule has 0 saturated carbocycles. The predicted molar refractivity (Wildman–Crippen MR) is 172 cm³/mol. The van der Waals surface area contributed by atoms with Gasteiger partial charge in [-0.05, 0) is 29.8 Å². The minimum atomic E-state index is -0.576. The van der Waals surface area contributed by atoms with Crippen LogP contribution in [-0.4, -0.2) is 57.5 Å². The van der Waals surface area contributed by atoms with Crippen LogP contribution >= 0.6 is 23.4 Å². The Morgan fingerprint density at radius 2 is 1.74 bits per heavy atom. The van der Waals surface area contributed by atoms with Crippen LogP contribution in [0.2, 0.25) is 5.15 Å². The molecule has 4 aromatic rings. The van der Waals surface area contributed by atoms with Crippen LogP contribution in [0, 0.1) is 22.8 Å². The number of ether oxygens (including phenoxy) is 4. The van der Waals surface area contributed by atoms with Crippen LogP contribution in [0.25, 0.3) is 5.57 Å². The molecule has 0 aliphatic carbocycles. The molecule has 0 N–H and O–H groups in total. The predicted octanol–water partition coefficient (Wildman–Crippen LogP) is 6.21. The van der Waals surface area contributed by atoms with E-state index >= 15 is 0 Å². The highest BCUT2D eigenvalue weighted by molar-refractivity contribution is 8.14. The molecule has 1 aliphatic rings. The van der Waals surface area contributed by atoms with Crippen LogP contribution < -0.4 is 9.47 Å². The van der Waals surface area contributed by atoms with Crippen molar-refractivity contribution in [1.29, 1.82) is 10.5 Å². The fraction of sp³-hybridized carbons (Fsp3) is 0.156. The summed E-state index contributed by atoms with van der Waals surface area (Å²) >= 11 is 7.32. The van der Waals surface area contributed by atoms with Gasteiger partial charge in [0, 0.05) is 30.6 Å². The summed E-state index contributed by atoms with van der Waals surface area (Å²) < 4.78 is 21.4. The van der Waals surface area contributed by atoms with Gasteiger partial charge in [0.25, 0.3) is 0 Å². The first-order valence-corrected chi connectivity index (χ1v) is 14.8. The smallest absolute Gasteiger partial charge is 0.341 e. The number of rotatable bonds is 9. The van der Waals surface area contributed by atoms with Gasteiger partial charge in [-0.1, -0.05) is 59.8 Å². The van der Waals surface area contributed by atoms with Gasteiger partial charge in [0.15, 0.2) is 5.17 Å². The normalized spacial score (nSPS) is 13.1. The highest BCUT2D eigenvalue weighted by Crippen LogP contribution is 2.32. The Morgan fingerprint density at radius 1 is 1.02 bits per heavy atom. The highest BCUT2D eigenvalue weighted by Gasteiger charge is 2.20. The molecular weight excluding hydrogens is 630 g/mol. The lowest BCUT2D eigenvalue weighted by Crippen LogP contribution is -2.23. The molecule has 2 aromatic heterocycles. The quantitative estimate of drug-likeness (QED) is 0.0661. The third kappa shape index (κ3) is 9.19. The summed E-state index contributed by atoms with van der Waals surface area (Å²) in [7, 11) is 2.71. The summed E-state index contributed by atoms with van der Waals surface area (Å²) in [6.07, 6.45) is 6.12. The molecule has 0 bridgehead atoms. The second-order valence-corrected chi connectivity index (χ2v) is 10.5. The molecule has 0 unspecified atom stereocenters. The average Bonchev–Trinajstić information content (AvgIpc) is 3.52. The number of thioether (sulfide) groups is 1. The van der Waals surface area contributed by atoms with Gasteiger partial charge in [-0.2, -0.15) is 10.5 Å². The lowest BCUT2D eigenvalue weighted by atomic mass is 10.1. The summed E-state index contributed by atoms with van der Waals surface area (Å²) in [4.78, 5) is 30.1. The minimum Gasteiger partial charge on any atom is -0.503 e. The molecule has 2 aromatic carbocycles. The number of amidine groups is 1.